The second kappa shape index (κ2) is 5.96. The summed E-state index contributed by atoms with van der Waals surface area (Å²) in [5.41, 5.74) is 0.436. The van der Waals surface area contributed by atoms with Crippen LogP contribution in [0, 0.1) is 5.82 Å². The number of halogens is 1. The van der Waals surface area contributed by atoms with Crippen LogP contribution in [0.4, 0.5) is 4.39 Å². The molecule has 0 unspecified atom stereocenters. The molecule has 0 saturated carbocycles. The minimum absolute atomic E-state index is 0.00783. The Morgan fingerprint density at radius 3 is 2.67 bits per heavy atom. The third kappa shape index (κ3) is 3.07. The van der Waals surface area contributed by atoms with Crippen molar-refractivity contribution >= 4 is 5.78 Å². The van der Waals surface area contributed by atoms with Crippen molar-refractivity contribution in [2.75, 3.05) is 26.7 Å². The summed E-state index contributed by atoms with van der Waals surface area (Å²) in [6.45, 7) is 2.56. The molecule has 1 heterocycles. The molecule has 1 aromatic rings. The summed E-state index contributed by atoms with van der Waals surface area (Å²) < 4.78 is 18.3. The van der Waals surface area contributed by atoms with Crippen LogP contribution in [-0.4, -0.2) is 32.5 Å². The fraction of sp³-hybridized carbons (Fsp3) is 0.500. The van der Waals surface area contributed by atoms with Gasteiger partial charge in [0.15, 0.2) is 11.6 Å². The standard InChI is InChI=1S/C14H18FNO2/c1-18-14-6-5-11(9-12(14)15)13(17)10-16-7-3-2-4-8-16/h5-6,9H,2-4,7-8,10H2,1H3/p+1. The molecule has 2 rings (SSSR count). The predicted octanol–water partition coefficient (Wildman–Crippen LogP) is 1.09. The van der Waals surface area contributed by atoms with Gasteiger partial charge in [-0.25, -0.2) is 4.39 Å². The van der Waals surface area contributed by atoms with Gasteiger partial charge in [0, 0.05) is 5.56 Å². The number of piperidine rings is 1. The number of quaternary nitrogens is 1. The summed E-state index contributed by atoms with van der Waals surface area (Å²) >= 11 is 0. The number of likely N-dealkylation sites (tertiary alicyclic amines) is 1. The zero-order valence-electron chi connectivity index (χ0n) is 10.7. The Morgan fingerprint density at radius 2 is 2.06 bits per heavy atom. The van der Waals surface area contributed by atoms with E-state index in [0.717, 1.165) is 13.1 Å². The largest absolute Gasteiger partial charge is 0.494 e. The molecule has 0 bridgehead atoms. The Bertz CT molecular complexity index is 428. The molecule has 1 aromatic carbocycles. The van der Waals surface area contributed by atoms with E-state index in [2.05, 4.69) is 0 Å². The fourth-order valence-electron chi connectivity index (χ4n) is 2.40. The van der Waals surface area contributed by atoms with Gasteiger partial charge in [-0.1, -0.05) is 0 Å². The third-order valence-electron chi connectivity index (χ3n) is 3.44. The molecule has 1 aliphatic rings. The van der Waals surface area contributed by atoms with Gasteiger partial charge < -0.3 is 9.64 Å². The van der Waals surface area contributed by atoms with Crippen molar-refractivity contribution in [1.82, 2.24) is 0 Å². The van der Waals surface area contributed by atoms with Crippen LogP contribution < -0.4 is 9.64 Å². The van der Waals surface area contributed by atoms with E-state index in [4.69, 9.17) is 4.74 Å². The summed E-state index contributed by atoms with van der Waals surface area (Å²) in [5, 5.41) is 0. The summed E-state index contributed by atoms with van der Waals surface area (Å²) in [6, 6.07) is 4.41. The highest BCUT2D eigenvalue weighted by molar-refractivity contribution is 5.97. The number of hydrogen-bond acceptors (Lipinski definition) is 2. The van der Waals surface area contributed by atoms with Crippen LogP contribution in [0.15, 0.2) is 18.2 Å². The zero-order chi connectivity index (χ0) is 13.0. The fourth-order valence-corrected chi connectivity index (χ4v) is 2.40. The zero-order valence-corrected chi connectivity index (χ0v) is 10.7. The van der Waals surface area contributed by atoms with Crippen LogP contribution in [0.5, 0.6) is 5.75 Å². The minimum atomic E-state index is -0.475. The van der Waals surface area contributed by atoms with E-state index in [9.17, 15) is 9.18 Å². The lowest BCUT2D eigenvalue weighted by Gasteiger charge is -2.22. The molecule has 0 aliphatic carbocycles. The van der Waals surface area contributed by atoms with Gasteiger partial charge in [-0.15, -0.1) is 0 Å². The van der Waals surface area contributed by atoms with E-state index >= 15 is 0 Å². The molecule has 3 nitrogen and oxygen atoms in total. The van der Waals surface area contributed by atoms with Crippen LogP contribution in [0.2, 0.25) is 0 Å². The van der Waals surface area contributed by atoms with Crippen LogP contribution in [-0.2, 0) is 0 Å². The highest BCUT2D eigenvalue weighted by Crippen LogP contribution is 2.17. The highest BCUT2D eigenvalue weighted by atomic mass is 19.1. The topological polar surface area (TPSA) is 30.7 Å². The molecule has 1 fully saturated rings. The van der Waals surface area contributed by atoms with E-state index in [1.54, 1.807) is 6.07 Å². The first-order valence-electron chi connectivity index (χ1n) is 6.41. The number of methoxy groups -OCH3 is 1. The van der Waals surface area contributed by atoms with Crippen molar-refractivity contribution in [3.05, 3.63) is 29.6 Å². The Kier molecular flexibility index (Phi) is 4.31. The number of ether oxygens (including phenoxy) is 1. The van der Waals surface area contributed by atoms with E-state index in [1.165, 1.54) is 43.4 Å². The average Bonchev–Trinajstić information content (AvgIpc) is 2.39. The number of rotatable bonds is 4. The summed E-state index contributed by atoms with van der Waals surface area (Å²) in [6.07, 6.45) is 3.62. The number of benzene rings is 1. The van der Waals surface area contributed by atoms with E-state index in [-0.39, 0.29) is 11.5 Å². The van der Waals surface area contributed by atoms with Gasteiger partial charge in [-0.05, 0) is 37.5 Å². The van der Waals surface area contributed by atoms with Crippen molar-refractivity contribution in [2.24, 2.45) is 0 Å². The molecule has 0 radical (unpaired) electrons. The van der Waals surface area contributed by atoms with Crippen LogP contribution >= 0.6 is 0 Å². The number of ketones is 1. The first-order valence-corrected chi connectivity index (χ1v) is 6.41. The Morgan fingerprint density at radius 1 is 1.33 bits per heavy atom. The number of carbonyl (C=O) groups excluding carboxylic acids is 1. The van der Waals surface area contributed by atoms with Crippen LogP contribution in [0.25, 0.3) is 0 Å². The maximum atomic E-state index is 13.5. The molecule has 1 N–H and O–H groups in total. The normalized spacial score (nSPS) is 16.6. The quantitative estimate of drug-likeness (QED) is 0.813. The SMILES string of the molecule is COc1ccc(C(=O)C[NH+]2CCCCC2)cc1F. The van der Waals surface area contributed by atoms with Gasteiger partial charge in [-0.3, -0.25) is 4.79 Å². The maximum Gasteiger partial charge on any atom is 0.216 e. The van der Waals surface area contributed by atoms with Gasteiger partial charge in [0.1, 0.15) is 6.54 Å². The molecule has 1 saturated heterocycles. The lowest BCUT2D eigenvalue weighted by molar-refractivity contribution is -0.896. The molecule has 1 aliphatic heterocycles. The van der Waals surface area contributed by atoms with Gasteiger partial charge in [0.05, 0.1) is 20.2 Å². The van der Waals surface area contributed by atoms with E-state index in [0.29, 0.717) is 12.1 Å². The number of hydrogen-bond donors (Lipinski definition) is 1. The van der Waals surface area contributed by atoms with E-state index in [1.807, 2.05) is 0 Å². The van der Waals surface area contributed by atoms with Gasteiger partial charge in [-0.2, -0.15) is 0 Å². The minimum Gasteiger partial charge on any atom is -0.494 e. The Balaban J connectivity index is 2.01. The Hall–Kier alpha value is -1.42. The third-order valence-corrected chi connectivity index (χ3v) is 3.44. The van der Waals surface area contributed by atoms with Crippen molar-refractivity contribution in [3.63, 3.8) is 0 Å². The van der Waals surface area contributed by atoms with Crippen molar-refractivity contribution in [1.29, 1.82) is 0 Å². The second-order valence-electron chi connectivity index (χ2n) is 4.76. The molecular formula is C14H19FNO2+. The smallest absolute Gasteiger partial charge is 0.216 e. The first-order chi connectivity index (χ1) is 8.70. The van der Waals surface area contributed by atoms with E-state index < -0.39 is 5.82 Å². The second-order valence-corrected chi connectivity index (χ2v) is 4.76. The molecule has 4 heteroatoms. The van der Waals surface area contributed by atoms with Crippen molar-refractivity contribution in [3.8, 4) is 5.75 Å². The van der Waals surface area contributed by atoms with Crippen molar-refractivity contribution in [2.45, 2.75) is 19.3 Å². The summed E-state index contributed by atoms with van der Waals surface area (Å²) in [7, 11) is 1.41. The molecule has 0 amide bonds. The number of nitrogens with one attached hydrogen (secondary N) is 1. The van der Waals surface area contributed by atoms with Gasteiger partial charge in [0.25, 0.3) is 0 Å². The molecule has 18 heavy (non-hydrogen) atoms. The molecule has 98 valence electrons. The highest BCUT2D eigenvalue weighted by Gasteiger charge is 2.19. The molecule has 0 spiro atoms. The molecule has 0 aromatic heterocycles. The lowest BCUT2D eigenvalue weighted by Crippen LogP contribution is -3.13. The Labute approximate surface area is 107 Å². The lowest BCUT2D eigenvalue weighted by atomic mass is 10.1. The van der Waals surface area contributed by atoms with Gasteiger partial charge in [0.2, 0.25) is 5.78 Å². The average molecular weight is 252 g/mol. The van der Waals surface area contributed by atoms with Crippen LogP contribution in [0.1, 0.15) is 29.6 Å². The number of Topliss-reactive ketones (excluding diaryl/α,β-unsaturated/α-hetero) is 1. The van der Waals surface area contributed by atoms with Gasteiger partial charge >= 0.3 is 0 Å². The first kappa shape index (κ1) is 13.0. The molecule has 0 atom stereocenters. The van der Waals surface area contributed by atoms with Crippen LogP contribution in [0.3, 0.4) is 0 Å². The maximum absolute atomic E-state index is 13.5. The monoisotopic (exact) mass is 252 g/mol. The summed E-state index contributed by atoms with van der Waals surface area (Å²) in [5.74, 6) is -0.290. The van der Waals surface area contributed by atoms with Crippen molar-refractivity contribution < 1.29 is 18.8 Å². The summed E-state index contributed by atoms with van der Waals surface area (Å²) in [4.78, 5) is 13.3. The predicted molar refractivity (Wildman–Crippen MR) is 66.7 cm³/mol. The number of carbonyl (C=O) groups is 1. The molecular weight excluding hydrogens is 233 g/mol.